The Morgan fingerprint density at radius 1 is 1.55 bits per heavy atom. The lowest BCUT2D eigenvalue weighted by atomic mass is 10.1. The Hall–Kier alpha value is -1.79. The zero-order chi connectivity index (χ0) is 14.3. The smallest absolute Gasteiger partial charge is 0.204 e. The van der Waals surface area contributed by atoms with Gasteiger partial charge in [0, 0.05) is 18.8 Å². The highest BCUT2D eigenvalue weighted by atomic mass is 16.5. The van der Waals surface area contributed by atoms with E-state index in [-0.39, 0.29) is 18.3 Å². The van der Waals surface area contributed by atoms with E-state index in [1.165, 1.54) is 0 Å². The number of aliphatic hydroxyl groups excluding tert-OH is 1. The third-order valence-corrected chi connectivity index (χ3v) is 3.48. The van der Waals surface area contributed by atoms with Crippen LogP contribution in [0, 0.1) is 0 Å². The second-order valence-corrected chi connectivity index (χ2v) is 5.90. The second-order valence-electron chi connectivity index (χ2n) is 5.90. The van der Waals surface area contributed by atoms with Crippen molar-refractivity contribution in [2.75, 3.05) is 30.3 Å². The number of nitrogens with zero attached hydrogens (tertiary/aromatic N) is 2. The minimum atomic E-state index is -0.316. The molecule has 1 aliphatic heterocycles. The van der Waals surface area contributed by atoms with Crippen molar-refractivity contribution in [2.24, 2.45) is 0 Å². The Bertz CT molecular complexity index is 623. The molecule has 1 aromatic carbocycles. The summed E-state index contributed by atoms with van der Waals surface area (Å²) in [6.07, 6.45) is -0.197. The lowest BCUT2D eigenvalue weighted by Gasteiger charge is -2.42. The number of morpholine rings is 1. The molecule has 108 valence electrons. The Kier molecular flexibility index (Phi) is 3.07. The fourth-order valence-corrected chi connectivity index (χ4v) is 2.72. The lowest BCUT2D eigenvalue weighted by molar-refractivity contribution is -0.101. The van der Waals surface area contributed by atoms with Crippen LogP contribution in [0.4, 0.5) is 11.6 Å². The average molecular weight is 276 g/mol. The van der Waals surface area contributed by atoms with Crippen molar-refractivity contribution in [3.63, 3.8) is 0 Å². The highest BCUT2D eigenvalue weighted by Crippen LogP contribution is 2.26. The minimum absolute atomic E-state index is 0.00705. The van der Waals surface area contributed by atoms with Gasteiger partial charge in [-0.2, -0.15) is 0 Å². The van der Waals surface area contributed by atoms with Gasteiger partial charge in [-0.15, -0.1) is 0 Å². The Balaban J connectivity index is 1.93. The summed E-state index contributed by atoms with van der Waals surface area (Å²) in [7, 11) is 0. The molecule has 20 heavy (non-hydrogen) atoms. The van der Waals surface area contributed by atoms with Crippen molar-refractivity contribution < 1.29 is 9.84 Å². The van der Waals surface area contributed by atoms with E-state index in [2.05, 4.69) is 14.9 Å². The third kappa shape index (κ3) is 2.44. The van der Waals surface area contributed by atoms with E-state index in [1.54, 1.807) is 0 Å². The molecule has 4 N–H and O–H groups in total. The molecule has 2 heterocycles. The number of hydrogen-bond acceptors (Lipinski definition) is 5. The maximum Gasteiger partial charge on any atom is 0.204 e. The third-order valence-electron chi connectivity index (χ3n) is 3.48. The fourth-order valence-electron chi connectivity index (χ4n) is 2.72. The zero-order valence-electron chi connectivity index (χ0n) is 11.8. The van der Waals surface area contributed by atoms with Crippen LogP contribution in [0.25, 0.3) is 11.0 Å². The minimum Gasteiger partial charge on any atom is -0.399 e. The summed E-state index contributed by atoms with van der Waals surface area (Å²) in [5, 5.41) is 9.37. The number of aromatic nitrogens is 2. The number of nitrogen functional groups attached to an aromatic ring is 1. The molecule has 6 nitrogen and oxygen atoms in total. The summed E-state index contributed by atoms with van der Waals surface area (Å²) in [5.74, 6) is 0.792. The monoisotopic (exact) mass is 276 g/mol. The van der Waals surface area contributed by atoms with E-state index < -0.39 is 0 Å². The van der Waals surface area contributed by atoms with E-state index in [9.17, 15) is 5.11 Å². The maximum absolute atomic E-state index is 9.37. The molecule has 0 bridgehead atoms. The first-order valence-corrected chi connectivity index (χ1v) is 6.76. The van der Waals surface area contributed by atoms with Gasteiger partial charge in [0.2, 0.25) is 5.95 Å². The Morgan fingerprint density at radius 2 is 2.35 bits per heavy atom. The van der Waals surface area contributed by atoms with Crippen LogP contribution < -0.4 is 10.6 Å². The zero-order valence-corrected chi connectivity index (χ0v) is 11.8. The molecule has 3 rings (SSSR count). The van der Waals surface area contributed by atoms with Gasteiger partial charge in [0.05, 0.1) is 29.3 Å². The Morgan fingerprint density at radius 3 is 3.10 bits per heavy atom. The van der Waals surface area contributed by atoms with Crippen LogP contribution in [-0.4, -0.2) is 46.5 Å². The highest BCUT2D eigenvalue weighted by Gasteiger charge is 2.34. The quantitative estimate of drug-likeness (QED) is 0.715. The molecule has 1 aliphatic rings. The molecular weight excluding hydrogens is 256 g/mol. The van der Waals surface area contributed by atoms with Gasteiger partial charge in [-0.25, -0.2) is 4.98 Å². The molecule has 0 amide bonds. The van der Waals surface area contributed by atoms with Crippen LogP contribution in [0.2, 0.25) is 0 Å². The van der Waals surface area contributed by atoms with E-state index in [4.69, 9.17) is 10.5 Å². The van der Waals surface area contributed by atoms with Gasteiger partial charge < -0.3 is 25.5 Å². The Labute approximate surface area is 117 Å². The summed E-state index contributed by atoms with van der Waals surface area (Å²) in [4.78, 5) is 9.99. The molecule has 1 aromatic heterocycles. The molecule has 1 fully saturated rings. The summed E-state index contributed by atoms with van der Waals surface area (Å²) in [6, 6.07) is 5.62. The van der Waals surface area contributed by atoms with Gasteiger partial charge in [0.25, 0.3) is 0 Å². The SMILES string of the molecule is CC1(C)CN(c2nc3ccc(N)cc3[nH]2)CC(CO)O1. The number of aromatic amines is 1. The number of nitrogens with two attached hydrogens (primary N) is 1. The normalized spacial score (nSPS) is 22.4. The molecule has 1 saturated heterocycles. The molecule has 0 saturated carbocycles. The summed E-state index contributed by atoms with van der Waals surface area (Å²) >= 11 is 0. The van der Waals surface area contributed by atoms with Crippen molar-refractivity contribution in [3.05, 3.63) is 18.2 Å². The molecule has 1 atom stereocenters. The van der Waals surface area contributed by atoms with Crippen LogP contribution in [0.5, 0.6) is 0 Å². The number of hydrogen-bond donors (Lipinski definition) is 3. The number of imidazole rings is 1. The van der Waals surface area contributed by atoms with Crippen molar-refractivity contribution in [1.29, 1.82) is 0 Å². The number of nitrogens with one attached hydrogen (secondary N) is 1. The van der Waals surface area contributed by atoms with Crippen LogP contribution in [0.15, 0.2) is 18.2 Å². The number of H-pyrrole nitrogens is 1. The van der Waals surface area contributed by atoms with Gasteiger partial charge in [-0.1, -0.05) is 0 Å². The number of fused-ring (bicyclic) bond motifs is 1. The van der Waals surface area contributed by atoms with E-state index in [0.29, 0.717) is 12.2 Å². The number of anilines is 2. The van der Waals surface area contributed by atoms with Gasteiger partial charge in [-0.05, 0) is 32.0 Å². The molecule has 6 heteroatoms. The first-order valence-electron chi connectivity index (χ1n) is 6.76. The van der Waals surface area contributed by atoms with Crippen LogP contribution in [0.3, 0.4) is 0 Å². The molecule has 1 unspecified atom stereocenters. The van der Waals surface area contributed by atoms with Crippen LogP contribution >= 0.6 is 0 Å². The number of aliphatic hydroxyl groups is 1. The highest BCUT2D eigenvalue weighted by molar-refractivity contribution is 5.80. The number of benzene rings is 1. The van der Waals surface area contributed by atoms with Gasteiger partial charge >= 0.3 is 0 Å². The van der Waals surface area contributed by atoms with Crippen molar-refractivity contribution in [3.8, 4) is 0 Å². The maximum atomic E-state index is 9.37. The van der Waals surface area contributed by atoms with Gasteiger partial charge in [0.1, 0.15) is 0 Å². The summed E-state index contributed by atoms with van der Waals surface area (Å²) in [6.45, 7) is 5.38. The first-order chi connectivity index (χ1) is 9.47. The molecule has 0 radical (unpaired) electrons. The lowest BCUT2D eigenvalue weighted by Crippen LogP contribution is -2.54. The number of ether oxygens (including phenoxy) is 1. The fraction of sp³-hybridized carbons (Fsp3) is 0.500. The molecular formula is C14H20N4O2. The molecule has 0 aliphatic carbocycles. The predicted octanol–water partition coefficient (Wildman–Crippen LogP) is 1.12. The summed E-state index contributed by atoms with van der Waals surface area (Å²) in [5.41, 5.74) is 7.99. The first kappa shape index (κ1) is 13.2. The summed E-state index contributed by atoms with van der Waals surface area (Å²) < 4.78 is 5.81. The van der Waals surface area contributed by atoms with Crippen molar-refractivity contribution >= 4 is 22.7 Å². The predicted molar refractivity (Wildman–Crippen MR) is 78.8 cm³/mol. The van der Waals surface area contributed by atoms with Crippen LogP contribution in [-0.2, 0) is 4.74 Å². The molecule has 2 aromatic rings. The van der Waals surface area contributed by atoms with Crippen molar-refractivity contribution in [1.82, 2.24) is 9.97 Å². The van der Waals surface area contributed by atoms with Gasteiger partial charge in [0.15, 0.2) is 0 Å². The van der Waals surface area contributed by atoms with E-state index in [0.717, 1.165) is 23.5 Å². The average Bonchev–Trinajstić information content (AvgIpc) is 2.79. The number of rotatable bonds is 2. The van der Waals surface area contributed by atoms with E-state index in [1.807, 2.05) is 32.0 Å². The largest absolute Gasteiger partial charge is 0.399 e. The topological polar surface area (TPSA) is 87.4 Å². The van der Waals surface area contributed by atoms with Crippen molar-refractivity contribution in [2.45, 2.75) is 25.6 Å². The molecule has 0 spiro atoms. The van der Waals surface area contributed by atoms with E-state index >= 15 is 0 Å². The van der Waals surface area contributed by atoms with Gasteiger partial charge in [-0.3, -0.25) is 0 Å². The standard InChI is InChI=1S/C14H20N4O2/c1-14(2)8-18(6-10(7-19)20-14)13-16-11-4-3-9(15)5-12(11)17-13/h3-5,10,19H,6-8,15H2,1-2H3,(H,16,17). The second kappa shape index (κ2) is 4.64. The van der Waals surface area contributed by atoms with Crippen LogP contribution in [0.1, 0.15) is 13.8 Å².